The summed E-state index contributed by atoms with van der Waals surface area (Å²) in [6, 6.07) is 4.64. The molecule has 1 atom stereocenters. The fourth-order valence-electron chi connectivity index (χ4n) is 1.83. The minimum Gasteiger partial charge on any atom is -0.481 e. The first-order chi connectivity index (χ1) is 8.51. The number of hydrogen-bond donors (Lipinski definition) is 1. The van der Waals surface area contributed by atoms with E-state index in [0.29, 0.717) is 5.56 Å². The van der Waals surface area contributed by atoms with Crippen LogP contribution in [0.25, 0.3) is 0 Å². The van der Waals surface area contributed by atoms with Crippen molar-refractivity contribution in [2.24, 2.45) is 11.3 Å². The number of carbonyl (C=O) groups is 1. The monoisotopic (exact) mass is 274 g/mol. The molecule has 0 spiro atoms. The topological polar surface area (TPSA) is 37.3 Å². The lowest BCUT2D eigenvalue weighted by Gasteiger charge is -2.27. The van der Waals surface area contributed by atoms with Crippen molar-refractivity contribution in [3.63, 3.8) is 0 Å². The highest BCUT2D eigenvalue weighted by Crippen LogP contribution is 2.32. The van der Waals surface area contributed by atoms with Crippen molar-refractivity contribution in [1.82, 2.24) is 0 Å². The Morgan fingerprint density at radius 1 is 1.16 bits per heavy atom. The van der Waals surface area contributed by atoms with Crippen LogP contribution in [0.3, 0.4) is 0 Å². The summed E-state index contributed by atoms with van der Waals surface area (Å²) in [5.74, 6) is -1.57. The molecule has 0 amide bonds. The van der Waals surface area contributed by atoms with Crippen molar-refractivity contribution in [3.8, 4) is 0 Å². The second kappa shape index (κ2) is 5.23. The molecule has 0 heterocycles. The Labute approximate surface area is 110 Å². The van der Waals surface area contributed by atoms with Gasteiger partial charge in [0.2, 0.25) is 0 Å². The van der Waals surface area contributed by atoms with E-state index in [2.05, 4.69) is 0 Å². The summed E-state index contributed by atoms with van der Waals surface area (Å²) in [7, 11) is 0. The van der Waals surface area contributed by atoms with Gasteiger partial charge in [0.15, 0.2) is 0 Å². The van der Waals surface area contributed by atoms with Crippen molar-refractivity contribution < 1.29 is 23.1 Å². The number of carboxylic acids is 1. The SMILES string of the molecule is CC(C)(C)C(Cc1ccc(C(F)(F)F)cc1)C(=O)O. The van der Waals surface area contributed by atoms with Crippen LogP contribution < -0.4 is 0 Å². The van der Waals surface area contributed by atoms with E-state index in [9.17, 15) is 23.1 Å². The van der Waals surface area contributed by atoms with E-state index in [0.717, 1.165) is 12.1 Å². The average Bonchev–Trinajstić information content (AvgIpc) is 2.23. The summed E-state index contributed by atoms with van der Waals surface area (Å²) < 4.78 is 37.2. The van der Waals surface area contributed by atoms with Crippen LogP contribution in [0.4, 0.5) is 13.2 Å². The maximum Gasteiger partial charge on any atom is 0.416 e. The standard InChI is InChI=1S/C14H17F3O2/c1-13(2,3)11(12(18)19)8-9-4-6-10(7-5-9)14(15,16)17/h4-7,11H,8H2,1-3H3,(H,18,19). The summed E-state index contributed by atoms with van der Waals surface area (Å²) in [6.45, 7) is 5.40. The lowest BCUT2D eigenvalue weighted by molar-refractivity contribution is -0.145. The van der Waals surface area contributed by atoms with E-state index in [1.54, 1.807) is 20.8 Å². The molecule has 1 unspecified atom stereocenters. The molecule has 19 heavy (non-hydrogen) atoms. The number of rotatable bonds is 3. The predicted octanol–water partition coefficient (Wildman–Crippen LogP) is 3.99. The molecule has 0 bridgehead atoms. The van der Waals surface area contributed by atoms with Gasteiger partial charge >= 0.3 is 12.1 Å². The summed E-state index contributed by atoms with van der Waals surface area (Å²) in [4.78, 5) is 11.2. The highest BCUT2D eigenvalue weighted by molar-refractivity contribution is 5.71. The highest BCUT2D eigenvalue weighted by Gasteiger charge is 2.32. The van der Waals surface area contributed by atoms with E-state index in [1.165, 1.54) is 12.1 Å². The fraction of sp³-hybridized carbons (Fsp3) is 0.500. The minimum absolute atomic E-state index is 0.219. The number of halogens is 3. The lowest BCUT2D eigenvalue weighted by atomic mass is 9.77. The van der Waals surface area contributed by atoms with Gasteiger partial charge in [0, 0.05) is 0 Å². The maximum atomic E-state index is 12.4. The predicted molar refractivity (Wildman–Crippen MR) is 65.7 cm³/mol. The molecule has 1 N–H and O–H groups in total. The largest absolute Gasteiger partial charge is 0.481 e. The minimum atomic E-state index is -4.37. The molecule has 0 aliphatic carbocycles. The molecule has 106 valence electrons. The van der Waals surface area contributed by atoms with Gasteiger partial charge in [-0.25, -0.2) is 0 Å². The Kier molecular flexibility index (Phi) is 4.28. The van der Waals surface area contributed by atoms with Crippen LogP contribution >= 0.6 is 0 Å². The molecular weight excluding hydrogens is 257 g/mol. The van der Waals surface area contributed by atoms with Crippen molar-refractivity contribution in [3.05, 3.63) is 35.4 Å². The molecule has 0 saturated heterocycles. The van der Waals surface area contributed by atoms with Gasteiger partial charge in [0.05, 0.1) is 11.5 Å². The third-order valence-electron chi connectivity index (χ3n) is 3.06. The Hall–Kier alpha value is -1.52. The number of carboxylic acid groups (broad SMARTS) is 1. The van der Waals surface area contributed by atoms with Gasteiger partial charge in [-0.1, -0.05) is 32.9 Å². The highest BCUT2D eigenvalue weighted by atomic mass is 19.4. The van der Waals surface area contributed by atoms with E-state index < -0.39 is 29.0 Å². The summed E-state index contributed by atoms with van der Waals surface area (Å²) in [6.07, 6.45) is -4.15. The van der Waals surface area contributed by atoms with Gasteiger partial charge in [-0.15, -0.1) is 0 Å². The van der Waals surface area contributed by atoms with E-state index in [-0.39, 0.29) is 6.42 Å². The van der Waals surface area contributed by atoms with Crippen molar-refractivity contribution in [2.75, 3.05) is 0 Å². The molecule has 0 aromatic heterocycles. The third-order valence-corrected chi connectivity index (χ3v) is 3.06. The quantitative estimate of drug-likeness (QED) is 0.904. The van der Waals surface area contributed by atoms with Crippen LogP contribution in [0.15, 0.2) is 24.3 Å². The number of benzene rings is 1. The van der Waals surface area contributed by atoms with E-state index in [4.69, 9.17) is 0 Å². The first kappa shape index (κ1) is 15.5. The molecule has 0 radical (unpaired) electrons. The van der Waals surface area contributed by atoms with Crippen LogP contribution in [-0.2, 0) is 17.4 Å². The molecule has 1 aromatic carbocycles. The third kappa shape index (κ3) is 4.26. The van der Waals surface area contributed by atoms with Crippen molar-refractivity contribution >= 4 is 5.97 Å². The molecule has 0 saturated carbocycles. The smallest absolute Gasteiger partial charge is 0.416 e. The molecule has 0 aliphatic heterocycles. The first-order valence-corrected chi connectivity index (χ1v) is 5.91. The second-order valence-corrected chi connectivity index (χ2v) is 5.66. The summed E-state index contributed by atoms with van der Waals surface area (Å²) in [5, 5.41) is 9.17. The van der Waals surface area contributed by atoms with E-state index >= 15 is 0 Å². The molecule has 5 heteroatoms. The number of aliphatic carboxylic acids is 1. The Balaban J connectivity index is 2.91. The zero-order valence-electron chi connectivity index (χ0n) is 11.1. The number of alkyl halides is 3. The van der Waals surface area contributed by atoms with Gasteiger partial charge in [0.1, 0.15) is 0 Å². The normalized spacial score (nSPS) is 14.2. The van der Waals surface area contributed by atoms with E-state index in [1.807, 2.05) is 0 Å². The zero-order chi connectivity index (χ0) is 14.8. The molecule has 1 aromatic rings. The van der Waals surface area contributed by atoms with Gasteiger partial charge in [-0.3, -0.25) is 4.79 Å². The molecular formula is C14H17F3O2. The molecule has 2 nitrogen and oxygen atoms in total. The van der Waals surface area contributed by atoms with Crippen LogP contribution in [0.5, 0.6) is 0 Å². The van der Waals surface area contributed by atoms with Crippen molar-refractivity contribution in [1.29, 1.82) is 0 Å². The second-order valence-electron chi connectivity index (χ2n) is 5.66. The average molecular weight is 274 g/mol. The van der Waals surface area contributed by atoms with Crippen LogP contribution in [0, 0.1) is 11.3 Å². The zero-order valence-corrected chi connectivity index (χ0v) is 11.1. The van der Waals surface area contributed by atoms with Gasteiger partial charge < -0.3 is 5.11 Å². The number of hydrogen-bond acceptors (Lipinski definition) is 1. The fourth-order valence-corrected chi connectivity index (χ4v) is 1.83. The van der Waals surface area contributed by atoms with Crippen LogP contribution in [0.1, 0.15) is 31.9 Å². The van der Waals surface area contributed by atoms with Crippen molar-refractivity contribution in [2.45, 2.75) is 33.4 Å². The summed E-state index contributed by atoms with van der Waals surface area (Å²) >= 11 is 0. The maximum absolute atomic E-state index is 12.4. The Morgan fingerprint density at radius 3 is 1.95 bits per heavy atom. The lowest BCUT2D eigenvalue weighted by Crippen LogP contribution is -2.30. The first-order valence-electron chi connectivity index (χ1n) is 5.91. The van der Waals surface area contributed by atoms with Crippen LogP contribution in [0.2, 0.25) is 0 Å². The molecule has 1 rings (SSSR count). The van der Waals surface area contributed by atoms with Gasteiger partial charge in [0.25, 0.3) is 0 Å². The molecule has 0 aliphatic rings. The van der Waals surface area contributed by atoms with Gasteiger partial charge in [-0.05, 0) is 29.5 Å². The Bertz CT molecular complexity index is 441. The molecule has 0 fully saturated rings. The van der Waals surface area contributed by atoms with Crippen LogP contribution in [-0.4, -0.2) is 11.1 Å². The summed E-state index contributed by atoms with van der Waals surface area (Å²) in [5.41, 5.74) is -0.580. The Morgan fingerprint density at radius 2 is 1.63 bits per heavy atom. The van der Waals surface area contributed by atoms with Gasteiger partial charge in [-0.2, -0.15) is 13.2 Å².